The predicted octanol–water partition coefficient (Wildman–Crippen LogP) is 3.86. The van der Waals surface area contributed by atoms with E-state index in [-0.39, 0.29) is 11.6 Å². The summed E-state index contributed by atoms with van der Waals surface area (Å²) in [5, 5.41) is 15.1. The molecule has 3 aromatic rings. The molecule has 0 spiro atoms. The molecule has 0 atom stereocenters. The number of hydrazine groups is 1. The van der Waals surface area contributed by atoms with Gasteiger partial charge in [-0.3, -0.25) is 25.8 Å². The van der Waals surface area contributed by atoms with Gasteiger partial charge in [-0.05, 0) is 48.9 Å². The van der Waals surface area contributed by atoms with E-state index in [1.165, 1.54) is 7.11 Å². The van der Waals surface area contributed by atoms with Crippen LogP contribution >= 0.6 is 11.6 Å². The number of amides is 1. The Bertz CT molecular complexity index is 1090. The largest absolute Gasteiger partial charge is 0.497 e. The SMILES string of the molecule is COc1ccc(C(=O)NNc2ncnc(Nc3cccc(Cl)c3C)c2[N+](=O)[O-])cc1. The fourth-order valence-corrected chi connectivity index (χ4v) is 2.71. The number of carbonyl (C=O) groups excluding carboxylic acids is 1. The highest BCUT2D eigenvalue weighted by molar-refractivity contribution is 6.31. The maximum absolute atomic E-state index is 12.3. The summed E-state index contributed by atoms with van der Waals surface area (Å²) in [4.78, 5) is 31.1. The van der Waals surface area contributed by atoms with Crippen molar-refractivity contribution in [1.82, 2.24) is 15.4 Å². The minimum atomic E-state index is -0.649. The van der Waals surface area contributed by atoms with Crippen LogP contribution in [0.25, 0.3) is 0 Å². The van der Waals surface area contributed by atoms with Crippen LogP contribution in [0.1, 0.15) is 15.9 Å². The average Bonchev–Trinajstić information content (AvgIpc) is 2.75. The number of benzene rings is 2. The summed E-state index contributed by atoms with van der Waals surface area (Å²) in [7, 11) is 1.52. The molecule has 1 aromatic heterocycles. The van der Waals surface area contributed by atoms with Crippen molar-refractivity contribution in [2.24, 2.45) is 0 Å². The predicted molar refractivity (Wildman–Crippen MR) is 112 cm³/mol. The van der Waals surface area contributed by atoms with Gasteiger partial charge < -0.3 is 10.1 Å². The van der Waals surface area contributed by atoms with Gasteiger partial charge in [0.1, 0.15) is 12.1 Å². The molecule has 11 heteroatoms. The van der Waals surface area contributed by atoms with Crippen LogP contribution in [0.2, 0.25) is 5.02 Å². The van der Waals surface area contributed by atoms with E-state index in [1.807, 2.05) is 0 Å². The number of hydrogen-bond donors (Lipinski definition) is 3. The summed E-state index contributed by atoms with van der Waals surface area (Å²) in [6.07, 6.45) is 1.14. The van der Waals surface area contributed by atoms with Gasteiger partial charge in [0, 0.05) is 16.3 Å². The van der Waals surface area contributed by atoms with Gasteiger partial charge in [-0.2, -0.15) is 0 Å². The Morgan fingerprint density at radius 1 is 1.13 bits per heavy atom. The van der Waals surface area contributed by atoms with Crippen LogP contribution in [0, 0.1) is 17.0 Å². The lowest BCUT2D eigenvalue weighted by atomic mass is 10.2. The minimum Gasteiger partial charge on any atom is -0.497 e. The van der Waals surface area contributed by atoms with Gasteiger partial charge in [0.2, 0.25) is 11.6 Å². The highest BCUT2D eigenvalue weighted by atomic mass is 35.5. The highest BCUT2D eigenvalue weighted by Crippen LogP contribution is 2.33. The van der Waals surface area contributed by atoms with E-state index < -0.39 is 16.5 Å². The summed E-state index contributed by atoms with van der Waals surface area (Å²) in [5.41, 5.74) is 6.02. The second kappa shape index (κ2) is 9.05. The molecule has 0 aliphatic heterocycles. The van der Waals surface area contributed by atoms with Crippen molar-refractivity contribution in [3.8, 4) is 5.75 Å². The van der Waals surface area contributed by atoms with Crippen LogP contribution in [0.3, 0.4) is 0 Å². The standard InChI is InChI=1S/C19H17ClN6O4/c1-11-14(20)4-3-5-15(11)23-17-16(26(28)29)18(22-10-21-17)24-25-19(27)12-6-8-13(30-2)9-7-12/h3-10H,1-2H3,(H,25,27)(H2,21,22,23,24). The van der Waals surface area contributed by atoms with E-state index in [0.717, 1.165) is 6.33 Å². The van der Waals surface area contributed by atoms with Gasteiger partial charge in [0.05, 0.1) is 12.0 Å². The Morgan fingerprint density at radius 2 is 1.83 bits per heavy atom. The summed E-state index contributed by atoms with van der Waals surface area (Å²) >= 11 is 6.10. The number of carbonyl (C=O) groups is 1. The first-order valence-electron chi connectivity index (χ1n) is 8.62. The minimum absolute atomic E-state index is 0.0541. The summed E-state index contributed by atoms with van der Waals surface area (Å²) in [5.74, 6) is -0.149. The van der Waals surface area contributed by atoms with E-state index in [4.69, 9.17) is 16.3 Å². The number of nitro groups is 1. The first-order valence-corrected chi connectivity index (χ1v) is 9.00. The van der Waals surface area contributed by atoms with Crippen molar-refractivity contribution in [2.75, 3.05) is 17.9 Å². The molecule has 0 aliphatic carbocycles. The maximum Gasteiger partial charge on any atom is 0.355 e. The van der Waals surface area contributed by atoms with Crippen LogP contribution in [0.4, 0.5) is 23.0 Å². The molecule has 0 unspecified atom stereocenters. The molecule has 0 fully saturated rings. The van der Waals surface area contributed by atoms with Gasteiger partial charge in [-0.25, -0.2) is 9.97 Å². The Kier molecular flexibility index (Phi) is 6.28. The van der Waals surface area contributed by atoms with E-state index in [0.29, 0.717) is 27.6 Å². The molecule has 30 heavy (non-hydrogen) atoms. The molecule has 0 radical (unpaired) electrons. The number of nitrogens with one attached hydrogen (secondary N) is 3. The monoisotopic (exact) mass is 428 g/mol. The molecule has 3 rings (SSSR count). The van der Waals surface area contributed by atoms with E-state index in [1.54, 1.807) is 49.4 Å². The normalized spacial score (nSPS) is 10.2. The highest BCUT2D eigenvalue weighted by Gasteiger charge is 2.24. The Labute approximate surface area is 176 Å². The Morgan fingerprint density at radius 3 is 2.50 bits per heavy atom. The number of methoxy groups -OCH3 is 1. The quantitative estimate of drug-likeness (QED) is 0.382. The van der Waals surface area contributed by atoms with Crippen molar-refractivity contribution in [3.63, 3.8) is 0 Å². The Balaban J connectivity index is 1.82. The van der Waals surface area contributed by atoms with Crippen LogP contribution in [-0.2, 0) is 0 Å². The fraction of sp³-hybridized carbons (Fsp3) is 0.105. The summed E-state index contributed by atoms with van der Waals surface area (Å²) < 4.78 is 5.04. The number of anilines is 3. The molecule has 2 aromatic carbocycles. The topological polar surface area (TPSA) is 131 Å². The molecule has 1 heterocycles. The van der Waals surface area contributed by atoms with Crippen LogP contribution in [-0.4, -0.2) is 27.9 Å². The number of hydrogen-bond acceptors (Lipinski definition) is 8. The second-order valence-electron chi connectivity index (χ2n) is 6.02. The summed E-state index contributed by atoms with van der Waals surface area (Å²) in [6, 6.07) is 11.5. The molecule has 154 valence electrons. The van der Waals surface area contributed by atoms with Gasteiger partial charge in [-0.15, -0.1) is 0 Å². The number of halogens is 1. The fourth-order valence-electron chi connectivity index (χ4n) is 2.54. The molecule has 0 saturated carbocycles. The summed E-state index contributed by atoms with van der Waals surface area (Å²) in [6.45, 7) is 1.77. The molecule has 10 nitrogen and oxygen atoms in total. The molecular weight excluding hydrogens is 412 g/mol. The van der Waals surface area contributed by atoms with Gasteiger partial charge >= 0.3 is 5.69 Å². The van der Waals surface area contributed by atoms with Crippen molar-refractivity contribution in [1.29, 1.82) is 0 Å². The third kappa shape index (κ3) is 4.55. The number of aromatic nitrogens is 2. The molecule has 0 aliphatic rings. The number of rotatable bonds is 7. The zero-order chi connectivity index (χ0) is 21.7. The first kappa shape index (κ1) is 20.8. The molecule has 0 saturated heterocycles. The van der Waals surface area contributed by atoms with E-state index >= 15 is 0 Å². The van der Waals surface area contributed by atoms with Crippen molar-refractivity contribution < 1.29 is 14.5 Å². The lowest BCUT2D eigenvalue weighted by Crippen LogP contribution is -2.30. The molecule has 0 bridgehead atoms. The van der Waals surface area contributed by atoms with Gasteiger partial charge in [0.25, 0.3) is 5.91 Å². The third-order valence-corrected chi connectivity index (χ3v) is 4.58. The van der Waals surface area contributed by atoms with E-state index in [9.17, 15) is 14.9 Å². The van der Waals surface area contributed by atoms with Gasteiger partial charge in [0.15, 0.2) is 0 Å². The third-order valence-electron chi connectivity index (χ3n) is 4.17. The lowest BCUT2D eigenvalue weighted by molar-refractivity contribution is -0.383. The van der Waals surface area contributed by atoms with Gasteiger partial charge in [-0.1, -0.05) is 17.7 Å². The van der Waals surface area contributed by atoms with Crippen molar-refractivity contribution in [3.05, 3.63) is 75.1 Å². The molecular formula is C19H17ClN6O4. The van der Waals surface area contributed by atoms with Crippen LogP contribution in [0.5, 0.6) is 5.75 Å². The first-order chi connectivity index (χ1) is 14.4. The zero-order valence-corrected chi connectivity index (χ0v) is 16.7. The average molecular weight is 429 g/mol. The second-order valence-corrected chi connectivity index (χ2v) is 6.43. The maximum atomic E-state index is 12.3. The van der Waals surface area contributed by atoms with Crippen LogP contribution < -0.4 is 20.9 Å². The number of nitrogens with zero attached hydrogens (tertiary/aromatic N) is 3. The molecule has 3 N–H and O–H groups in total. The number of ether oxygens (including phenoxy) is 1. The van der Waals surface area contributed by atoms with Crippen LogP contribution in [0.15, 0.2) is 48.8 Å². The zero-order valence-electron chi connectivity index (χ0n) is 16.0. The lowest BCUT2D eigenvalue weighted by Gasteiger charge is -2.12. The van der Waals surface area contributed by atoms with Crippen molar-refractivity contribution in [2.45, 2.75) is 6.92 Å². The van der Waals surface area contributed by atoms with E-state index in [2.05, 4.69) is 26.1 Å². The van der Waals surface area contributed by atoms with Crippen molar-refractivity contribution >= 4 is 40.5 Å². The molecule has 1 amide bonds. The smallest absolute Gasteiger partial charge is 0.355 e. The Hall–Kier alpha value is -3.92.